The first-order chi connectivity index (χ1) is 5.75. The summed E-state index contributed by atoms with van der Waals surface area (Å²) in [4.78, 5) is 10.3. The van der Waals surface area contributed by atoms with Crippen LogP contribution in [0.25, 0.3) is 0 Å². The van der Waals surface area contributed by atoms with Gasteiger partial charge in [-0.1, -0.05) is 0 Å². The van der Waals surface area contributed by atoms with Crippen LogP contribution in [0.15, 0.2) is 0 Å². The molecule has 1 saturated heterocycles. The molecule has 0 amide bonds. The molecule has 1 saturated carbocycles. The monoisotopic (exact) mass is 172 g/mol. The van der Waals surface area contributed by atoms with E-state index in [4.69, 9.17) is 14.6 Å². The first kappa shape index (κ1) is 8.01. The number of carboxylic acids is 1. The minimum absolute atomic E-state index is 0.0587. The second-order valence-electron chi connectivity index (χ2n) is 3.40. The summed E-state index contributed by atoms with van der Waals surface area (Å²) in [6.07, 6.45) is 2.03. The zero-order chi connectivity index (χ0) is 8.55. The predicted octanol–water partition coefficient (Wildman–Crippen LogP) is 0.613. The number of carbonyl (C=O) groups is 1. The van der Waals surface area contributed by atoms with E-state index >= 15 is 0 Å². The highest BCUT2D eigenvalue weighted by Gasteiger charge is 2.39. The zero-order valence-corrected chi connectivity index (χ0v) is 6.73. The average Bonchev–Trinajstić information content (AvgIpc) is 2.73. The SMILES string of the molecule is O=C(O)CC1COC(C2CC2)O1. The molecular formula is C8H12O4. The van der Waals surface area contributed by atoms with Gasteiger partial charge in [0.15, 0.2) is 6.29 Å². The Kier molecular flexibility index (Phi) is 2.02. The molecule has 0 radical (unpaired) electrons. The molecule has 68 valence electrons. The van der Waals surface area contributed by atoms with Crippen LogP contribution in [-0.2, 0) is 14.3 Å². The van der Waals surface area contributed by atoms with Crippen molar-refractivity contribution in [2.45, 2.75) is 31.7 Å². The lowest BCUT2D eigenvalue weighted by atomic mass is 10.3. The molecule has 12 heavy (non-hydrogen) atoms. The number of hydrogen-bond donors (Lipinski definition) is 1. The van der Waals surface area contributed by atoms with E-state index in [-0.39, 0.29) is 18.8 Å². The Hall–Kier alpha value is -0.610. The Balaban J connectivity index is 1.77. The van der Waals surface area contributed by atoms with E-state index in [0.717, 1.165) is 12.8 Å². The van der Waals surface area contributed by atoms with Gasteiger partial charge in [-0.3, -0.25) is 4.79 Å². The Labute approximate surface area is 70.5 Å². The number of ether oxygens (including phenoxy) is 2. The first-order valence-electron chi connectivity index (χ1n) is 4.24. The lowest BCUT2D eigenvalue weighted by Gasteiger charge is -2.07. The quantitative estimate of drug-likeness (QED) is 0.677. The highest BCUT2D eigenvalue weighted by Crippen LogP contribution is 2.37. The summed E-state index contributed by atoms with van der Waals surface area (Å²) in [7, 11) is 0. The fraction of sp³-hybridized carbons (Fsp3) is 0.875. The Morgan fingerprint density at radius 2 is 2.25 bits per heavy atom. The van der Waals surface area contributed by atoms with Gasteiger partial charge in [0.05, 0.1) is 19.1 Å². The zero-order valence-electron chi connectivity index (χ0n) is 6.73. The fourth-order valence-electron chi connectivity index (χ4n) is 1.39. The summed E-state index contributed by atoms with van der Waals surface area (Å²) in [6, 6.07) is 0. The third kappa shape index (κ3) is 1.76. The van der Waals surface area contributed by atoms with Crippen LogP contribution in [0.2, 0.25) is 0 Å². The highest BCUT2D eigenvalue weighted by atomic mass is 16.7. The molecule has 0 aromatic rings. The molecule has 0 aromatic heterocycles. The first-order valence-corrected chi connectivity index (χ1v) is 4.24. The van der Waals surface area contributed by atoms with Crippen LogP contribution < -0.4 is 0 Å². The van der Waals surface area contributed by atoms with Gasteiger partial charge in [0.1, 0.15) is 0 Å². The molecule has 1 N–H and O–H groups in total. The maximum Gasteiger partial charge on any atom is 0.306 e. The van der Waals surface area contributed by atoms with Crippen molar-refractivity contribution in [3.05, 3.63) is 0 Å². The molecule has 1 aliphatic carbocycles. The fourth-order valence-corrected chi connectivity index (χ4v) is 1.39. The normalized spacial score (nSPS) is 35.3. The molecule has 0 bridgehead atoms. The Morgan fingerprint density at radius 3 is 2.83 bits per heavy atom. The van der Waals surface area contributed by atoms with Crippen molar-refractivity contribution < 1.29 is 19.4 Å². The molecule has 1 aliphatic heterocycles. The summed E-state index contributed by atoms with van der Waals surface area (Å²) in [6.45, 7) is 0.438. The maximum absolute atomic E-state index is 10.3. The van der Waals surface area contributed by atoms with Crippen molar-refractivity contribution in [3.8, 4) is 0 Å². The molecule has 2 fully saturated rings. The van der Waals surface area contributed by atoms with Gasteiger partial charge in [0.25, 0.3) is 0 Å². The number of rotatable bonds is 3. The van der Waals surface area contributed by atoms with E-state index in [9.17, 15) is 4.79 Å². The molecule has 2 unspecified atom stereocenters. The second-order valence-corrected chi connectivity index (χ2v) is 3.40. The van der Waals surface area contributed by atoms with Gasteiger partial charge in [-0.25, -0.2) is 0 Å². The van der Waals surface area contributed by atoms with Crippen molar-refractivity contribution >= 4 is 5.97 Å². The molecule has 1 heterocycles. The number of aliphatic carboxylic acids is 1. The smallest absolute Gasteiger partial charge is 0.306 e. The number of carboxylic acid groups (broad SMARTS) is 1. The van der Waals surface area contributed by atoms with Crippen LogP contribution in [0, 0.1) is 5.92 Å². The van der Waals surface area contributed by atoms with Gasteiger partial charge in [0, 0.05) is 5.92 Å². The van der Waals surface area contributed by atoms with Crippen molar-refractivity contribution in [1.82, 2.24) is 0 Å². The third-order valence-corrected chi connectivity index (χ3v) is 2.18. The van der Waals surface area contributed by atoms with Gasteiger partial charge in [0.2, 0.25) is 0 Å². The lowest BCUT2D eigenvalue weighted by Crippen LogP contribution is -2.17. The molecule has 4 heteroatoms. The minimum Gasteiger partial charge on any atom is -0.481 e. The Morgan fingerprint density at radius 1 is 1.50 bits per heavy atom. The molecule has 2 aliphatic rings. The van der Waals surface area contributed by atoms with Gasteiger partial charge in [-0.05, 0) is 12.8 Å². The summed E-state index contributed by atoms with van der Waals surface area (Å²) < 4.78 is 10.7. The Bertz CT molecular complexity index is 187. The van der Waals surface area contributed by atoms with Gasteiger partial charge >= 0.3 is 5.97 Å². The molecule has 2 rings (SSSR count). The maximum atomic E-state index is 10.3. The molecule has 0 spiro atoms. The van der Waals surface area contributed by atoms with Crippen LogP contribution in [0.5, 0.6) is 0 Å². The average molecular weight is 172 g/mol. The van der Waals surface area contributed by atoms with Gasteiger partial charge < -0.3 is 14.6 Å². The third-order valence-electron chi connectivity index (χ3n) is 2.18. The van der Waals surface area contributed by atoms with E-state index in [1.807, 2.05) is 0 Å². The second kappa shape index (κ2) is 3.03. The summed E-state index contributed by atoms with van der Waals surface area (Å²) >= 11 is 0. The van der Waals surface area contributed by atoms with Crippen LogP contribution in [0.4, 0.5) is 0 Å². The minimum atomic E-state index is -0.819. The van der Waals surface area contributed by atoms with E-state index in [0.29, 0.717) is 12.5 Å². The number of hydrogen-bond acceptors (Lipinski definition) is 3. The van der Waals surface area contributed by atoms with Crippen LogP contribution in [-0.4, -0.2) is 30.1 Å². The standard InChI is InChI=1S/C8H12O4/c9-7(10)3-6-4-11-8(12-6)5-1-2-5/h5-6,8H,1-4H2,(H,9,10). The van der Waals surface area contributed by atoms with Crippen molar-refractivity contribution in [3.63, 3.8) is 0 Å². The highest BCUT2D eigenvalue weighted by molar-refractivity contribution is 5.67. The van der Waals surface area contributed by atoms with Crippen LogP contribution in [0.1, 0.15) is 19.3 Å². The topological polar surface area (TPSA) is 55.8 Å². The van der Waals surface area contributed by atoms with Crippen molar-refractivity contribution in [2.24, 2.45) is 5.92 Å². The van der Waals surface area contributed by atoms with Gasteiger partial charge in [-0.2, -0.15) is 0 Å². The summed E-state index contributed by atoms with van der Waals surface area (Å²) in [5.41, 5.74) is 0. The van der Waals surface area contributed by atoms with Crippen molar-refractivity contribution in [1.29, 1.82) is 0 Å². The predicted molar refractivity (Wildman–Crippen MR) is 39.6 cm³/mol. The molecule has 0 aromatic carbocycles. The van der Waals surface area contributed by atoms with Gasteiger partial charge in [-0.15, -0.1) is 0 Å². The van der Waals surface area contributed by atoms with E-state index < -0.39 is 5.97 Å². The molecule has 2 atom stereocenters. The summed E-state index contributed by atoms with van der Waals surface area (Å²) in [5.74, 6) is -0.288. The molecule has 4 nitrogen and oxygen atoms in total. The summed E-state index contributed by atoms with van der Waals surface area (Å²) in [5, 5.41) is 8.48. The van der Waals surface area contributed by atoms with Crippen LogP contribution in [0.3, 0.4) is 0 Å². The van der Waals surface area contributed by atoms with E-state index in [1.54, 1.807) is 0 Å². The lowest BCUT2D eigenvalue weighted by molar-refractivity contribution is -0.140. The van der Waals surface area contributed by atoms with E-state index in [2.05, 4.69) is 0 Å². The van der Waals surface area contributed by atoms with Crippen LogP contribution >= 0.6 is 0 Å². The largest absolute Gasteiger partial charge is 0.481 e. The van der Waals surface area contributed by atoms with Crippen molar-refractivity contribution in [2.75, 3.05) is 6.61 Å². The molecular weight excluding hydrogens is 160 g/mol. The van der Waals surface area contributed by atoms with E-state index in [1.165, 1.54) is 0 Å².